The van der Waals surface area contributed by atoms with Crippen LogP contribution in [-0.4, -0.2) is 17.3 Å². The van der Waals surface area contributed by atoms with Crippen LogP contribution in [0.3, 0.4) is 0 Å². The maximum Gasteiger partial charge on any atom is 0.161 e. The number of aryl methyl sites for hydroxylation is 1. The third-order valence-electron chi connectivity index (χ3n) is 6.17. The van der Waals surface area contributed by atoms with Gasteiger partial charge in [-0.15, -0.1) is 0 Å². The lowest BCUT2D eigenvalue weighted by molar-refractivity contribution is 0.101. The molecule has 0 saturated carbocycles. The molecule has 0 aliphatic carbocycles. The number of aromatic nitrogens is 1. The molecule has 3 aromatic rings. The molecule has 0 spiro atoms. The molecule has 0 bridgehead atoms. The summed E-state index contributed by atoms with van der Waals surface area (Å²) in [4.78, 5) is 14.1. The fourth-order valence-corrected chi connectivity index (χ4v) is 3.49. The van der Waals surface area contributed by atoms with Crippen LogP contribution in [-0.2, 0) is 0 Å². The highest BCUT2D eigenvalue weighted by atomic mass is 16.1. The van der Waals surface area contributed by atoms with Gasteiger partial charge in [0.15, 0.2) is 5.78 Å². The van der Waals surface area contributed by atoms with E-state index in [4.69, 9.17) is 0 Å². The number of ketones is 1. The monoisotopic (exact) mass is 528 g/mol. The second kappa shape index (κ2) is 20.4. The van der Waals surface area contributed by atoms with Crippen molar-refractivity contribution in [3.63, 3.8) is 0 Å². The largest absolute Gasteiger partial charge is 0.388 e. The lowest BCUT2D eigenvalue weighted by Crippen LogP contribution is -2.14. The zero-order chi connectivity index (χ0) is 29.8. The highest BCUT2D eigenvalue weighted by Crippen LogP contribution is 2.20. The number of carbonyl (C=O) groups is 1. The van der Waals surface area contributed by atoms with Crippen molar-refractivity contribution in [1.29, 1.82) is 0 Å². The zero-order valence-corrected chi connectivity index (χ0v) is 26.0. The van der Waals surface area contributed by atoms with E-state index in [1.165, 1.54) is 40.8 Å². The molecule has 3 nitrogen and oxygen atoms in total. The van der Waals surface area contributed by atoms with Crippen molar-refractivity contribution < 1.29 is 4.79 Å². The number of fused-ring (bicyclic) bond motifs is 1. The molecule has 0 fully saturated rings. The van der Waals surface area contributed by atoms with Crippen LogP contribution in [0.25, 0.3) is 16.5 Å². The molecule has 212 valence electrons. The first kappa shape index (κ1) is 35.4. The van der Waals surface area contributed by atoms with Gasteiger partial charge in [-0.05, 0) is 76.3 Å². The molecule has 2 aromatic carbocycles. The summed E-state index contributed by atoms with van der Waals surface area (Å²) in [5.41, 5.74) is 9.29. The van der Waals surface area contributed by atoms with E-state index in [2.05, 4.69) is 95.3 Å². The Morgan fingerprint density at radius 2 is 1.56 bits per heavy atom. The van der Waals surface area contributed by atoms with Crippen LogP contribution in [0, 0.1) is 6.92 Å². The van der Waals surface area contributed by atoms with Gasteiger partial charge in [0.1, 0.15) is 0 Å². The first-order chi connectivity index (χ1) is 18.7. The van der Waals surface area contributed by atoms with E-state index in [0.717, 1.165) is 35.0 Å². The number of unbranched alkanes of at least 4 members (excludes halogenated alkanes) is 1. The Morgan fingerprint density at radius 1 is 0.949 bits per heavy atom. The Morgan fingerprint density at radius 3 is 2.08 bits per heavy atom. The number of carbonyl (C=O) groups excluding carboxylic acids is 1. The van der Waals surface area contributed by atoms with Crippen molar-refractivity contribution >= 4 is 22.3 Å². The molecule has 1 aromatic heterocycles. The standard InChI is InChI=1S/C17H25N.C10H9NO.C7H12.C2H6/c1-5-7-12-18-16(6-2)13-15(4)17-11-9-8-10-14(17)3;1-7(12)9-6-11-10-5-3-2-4-8(9)10;1-5-7(4)6(2)3;1-2/h8-11,13,18H,4-7,12H2,1-3H3;2-6,11H,1H3;5H,1H2,2-4H3;1-2H3/b16-13+;;;. The maximum atomic E-state index is 11.1. The van der Waals surface area contributed by atoms with Gasteiger partial charge in [0.25, 0.3) is 0 Å². The third-order valence-corrected chi connectivity index (χ3v) is 6.17. The Bertz CT molecular complexity index is 1220. The van der Waals surface area contributed by atoms with Crippen LogP contribution in [0.15, 0.2) is 96.9 Å². The Kier molecular flexibility index (Phi) is 18.5. The number of nitrogens with one attached hydrogen (secondary N) is 2. The van der Waals surface area contributed by atoms with Crippen molar-refractivity contribution in [3.05, 3.63) is 114 Å². The molecule has 2 N–H and O–H groups in total. The molecule has 0 aliphatic rings. The van der Waals surface area contributed by atoms with E-state index in [1.54, 1.807) is 13.1 Å². The lowest BCUT2D eigenvalue weighted by Gasteiger charge is -2.11. The molecule has 0 amide bonds. The van der Waals surface area contributed by atoms with E-state index in [9.17, 15) is 4.79 Å². The summed E-state index contributed by atoms with van der Waals surface area (Å²) in [6, 6.07) is 16.2. The van der Waals surface area contributed by atoms with Gasteiger partial charge in [0, 0.05) is 34.9 Å². The minimum absolute atomic E-state index is 0.104. The fraction of sp³-hybridized carbons (Fsp3) is 0.361. The fourth-order valence-electron chi connectivity index (χ4n) is 3.49. The van der Waals surface area contributed by atoms with Crippen molar-refractivity contribution in [3.8, 4) is 0 Å². The molecule has 3 rings (SSSR count). The van der Waals surface area contributed by atoms with Crippen molar-refractivity contribution in [2.45, 2.75) is 81.6 Å². The number of hydrogen-bond acceptors (Lipinski definition) is 2. The molecular formula is C36H52N2O. The summed E-state index contributed by atoms with van der Waals surface area (Å²) in [6.45, 7) is 27.2. The van der Waals surface area contributed by atoms with Gasteiger partial charge in [-0.25, -0.2) is 0 Å². The number of H-pyrrole nitrogens is 1. The van der Waals surface area contributed by atoms with Gasteiger partial charge in [-0.3, -0.25) is 4.79 Å². The van der Waals surface area contributed by atoms with Gasteiger partial charge in [-0.1, -0.05) is 107 Å². The smallest absolute Gasteiger partial charge is 0.161 e. The number of benzene rings is 2. The van der Waals surface area contributed by atoms with Crippen LogP contribution >= 0.6 is 0 Å². The average Bonchev–Trinajstić information content (AvgIpc) is 3.39. The maximum absolute atomic E-state index is 11.1. The van der Waals surface area contributed by atoms with E-state index in [0.29, 0.717) is 0 Å². The molecule has 39 heavy (non-hydrogen) atoms. The van der Waals surface area contributed by atoms with Crippen LogP contribution in [0.4, 0.5) is 0 Å². The molecule has 0 saturated heterocycles. The van der Waals surface area contributed by atoms with Crippen molar-refractivity contribution in [2.75, 3.05) is 6.54 Å². The second-order valence-corrected chi connectivity index (χ2v) is 9.33. The Labute approximate surface area is 238 Å². The molecule has 1 heterocycles. The molecule has 0 unspecified atom stereocenters. The average molecular weight is 529 g/mol. The van der Waals surface area contributed by atoms with Gasteiger partial charge in [0.05, 0.1) is 0 Å². The molecule has 3 heteroatoms. The minimum atomic E-state index is 0.104. The van der Waals surface area contributed by atoms with Gasteiger partial charge < -0.3 is 10.3 Å². The lowest BCUT2D eigenvalue weighted by atomic mass is 10.0. The van der Waals surface area contributed by atoms with Crippen LogP contribution < -0.4 is 5.32 Å². The SMILES string of the molecule is C=C(/C=C(\CC)NCCCC)c1ccccc1C.C=CC(C)=C(C)C.CC.CC(=O)c1c[nH]c2ccccc12. The predicted octanol–water partition coefficient (Wildman–Crippen LogP) is 10.6. The van der Waals surface area contributed by atoms with Crippen molar-refractivity contribution in [2.24, 2.45) is 0 Å². The normalized spacial score (nSPS) is 10.0. The van der Waals surface area contributed by atoms with Gasteiger partial charge >= 0.3 is 0 Å². The summed E-state index contributed by atoms with van der Waals surface area (Å²) in [5.74, 6) is 0.104. The minimum Gasteiger partial charge on any atom is -0.388 e. The number of para-hydroxylation sites is 1. The van der Waals surface area contributed by atoms with Gasteiger partial charge in [-0.2, -0.15) is 0 Å². The Balaban J connectivity index is 0.000000590. The van der Waals surface area contributed by atoms with Crippen LogP contribution in [0.1, 0.15) is 96.1 Å². The van der Waals surface area contributed by atoms with Gasteiger partial charge in [0.2, 0.25) is 0 Å². The summed E-state index contributed by atoms with van der Waals surface area (Å²) in [5, 5.41) is 4.50. The Hall–Kier alpha value is -3.59. The summed E-state index contributed by atoms with van der Waals surface area (Å²) < 4.78 is 0. The number of aromatic amines is 1. The number of hydrogen-bond donors (Lipinski definition) is 2. The third kappa shape index (κ3) is 13.2. The topological polar surface area (TPSA) is 44.9 Å². The highest BCUT2D eigenvalue weighted by Gasteiger charge is 2.05. The highest BCUT2D eigenvalue weighted by molar-refractivity contribution is 6.06. The first-order valence-electron chi connectivity index (χ1n) is 14.2. The molecule has 0 atom stereocenters. The first-order valence-corrected chi connectivity index (χ1v) is 14.2. The number of Topliss-reactive ketones (excluding diaryl/α,β-unsaturated/α-hetero) is 1. The van der Waals surface area contributed by atoms with E-state index in [1.807, 2.05) is 44.2 Å². The van der Waals surface area contributed by atoms with Crippen molar-refractivity contribution in [1.82, 2.24) is 10.3 Å². The predicted molar refractivity (Wildman–Crippen MR) is 175 cm³/mol. The summed E-state index contributed by atoms with van der Waals surface area (Å²) >= 11 is 0. The van der Waals surface area contributed by atoms with Crippen LogP contribution in [0.5, 0.6) is 0 Å². The quantitative estimate of drug-likeness (QED) is 0.165. The molecule has 0 radical (unpaired) electrons. The van der Waals surface area contributed by atoms with Crippen LogP contribution in [0.2, 0.25) is 0 Å². The molecular weight excluding hydrogens is 476 g/mol. The number of rotatable bonds is 9. The van der Waals surface area contributed by atoms with E-state index in [-0.39, 0.29) is 5.78 Å². The van der Waals surface area contributed by atoms with E-state index < -0.39 is 0 Å². The zero-order valence-electron chi connectivity index (χ0n) is 26.0. The summed E-state index contributed by atoms with van der Waals surface area (Å²) in [6.07, 6.45) is 9.27. The van der Waals surface area contributed by atoms with E-state index >= 15 is 0 Å². The number of allylic oxidation sites excluding steroid dienone is 6. The second-order valence-electron chi connectivity index (χ2n) is 9.33. The molecule has 0 aliphatic heterocycles. The summed E-state index contributed by atoms with van der Waals surface area (Å²) in [7, 11) is 0.